The first-order valence-electron chi connectivity index (χ1n) is 13.0. The number of aryl methyl sites for hydroxylation is 2. The van der Waals surface area contributed by atoms with Crippen LogP contribution in [-0.4, -0.2) is 51.1 Å². The molecule has 7 nitrogen and oxygen atoms in total. The van der Waals surface area contributed by atoms with Crippen molar-refractivity contribution in [2.75, 3.05) is 45.4 Å². The maximum Gasteiger partial charge on any atom is 0.184 e. The third-order valence-electron chi connectivity index (χ3n) is 7.79. The van der Waals surface area contributed by atoms with E-state index in [0.717, 1.165) is 67.6 Å². The van der Waals surface area contributed by atoms with E-state index < -0.39 is 0 Å². The zero-order chi connectivity index (χ0) is 24.6. The second-order valence-electron chi connectivity index (χ2n) is 9.92. The number of methoxy groups -OCH3 is 2. The van der Waals surface area contributed by atoms with Crippen LogP contribution in [-0.2, 0) is 13.0 Å². The van der Waals surface area contributed by atoms with Crippen molar-refractivity contribution >= 4 is 5.69 Å². The van der Waals surface area contributed by atoms with Crippen molar-refractivity contribution in [3.8, 4) is 34.3 Å². The van der Waals surface area contributed by atoms with Crippen LogP contribution in [0.3, 0.4) is 0 Å². The number of anilines is 1. The number of para-hydroxylation sites is 1. The van der Waals surface area contributed by atoms with Crippen molar-refractivity contribution in [3.63, 3.8) is 0 Å². The summed E-state index contributed by atoms with van der Waals surface area (Å²) >= 11 is 0. The highest BCUT2D eigenvalue weighted by molar-refractivity contribution is 5.71. The smallest absolute Gasteiger partial charge is 0.184 e. The standard InChI is InChI=1S/C29H35N3O4/c1-19(21-15-25-23-17-28(34-3)27(33-2)16-20(23)7-10-32(25)18-21)30-22-8-11-31(12-9-22)24-5-4-6-26-29(24)36-14-13-35-26/h4-6,15-19,22,30H,7-14H2,1-3H3. The molecular formula is C29H35N3O4. The minimum Gasteiger partial charge on any atom is -0.493 e. The SMILES string of the molecule is COc1cc2c(cc1OC)-c1cc(C(C)NC3CCN(c4cccc5c4OCCO5)CC3)cn1CC2. The van der Waals surface area contributed by atoms with E-state index in [0.29, 0.717) is 19.3 Å². The zero-order valence-corrected chi connectivity index (χ0v) is 21.4. The summed E-state index contributed by atoms with van der Waals surface area (Å²) in [6.45, 7) is 6.51. The number of benzene rings is 2. The van der Waals surface area contributed by atoms with E-state index in [9.17, 15) is 0 Å². The average Bonchev–Trinajstić information content (AvgIpc) is 3.37. The van der Waals surface area contributed by atoms with Gasteiger partial charge in [-0.15, -0.1) is 0 Å². The molecule has 7 heteroatoms. The van der Waals surface area contributed by atoms with Crippen LogP contribution in [0.4, 0.5) is 5.69 Å². The Morgan fingerprint density at radius 1 is 0.972 bits per heavy atom. The minimum absolute atomic E-state index is 0.282. The second kappa shape index (κ2) is 9.62. The molecule has 2 aromatic carbocycles. The fourth-order valence-electron chi connectivity index (χ4n) is 5.83. The molecule has 3 aromatic rings. The molecule has 0 saturated carbocycles. The van der Waals surface area contributed by atoms with Gasteiger partial charge in [0.1, 0.15) is 13.2 Å². The van der Waals surface area contributed by atoms with Crippen molar-refractivity contribution in [2.24, 2.45) is 0 Å². The Labute approximate surface area is 212 Å². The Hall–Kier alpha value is -3.32. The molecule has 0 amide bonds. The molecule has 1 aromatic heterocycles. The number of piperidine rings is 1. The van der Waals surface area contributed by atoms with Crippen LogP contribution in [0.5, 0.6) is 23.0 Å². The molecular weight excluding hydrogens is 454 g/mol. The van der Waals surface area contributed by atoms with E-state index in [1.165, 1.54) is 22.4 Å². The predicted octanol–water partition coefficient (Wildman–Crippen LogP) is 4.82. The normalized spacial score (nSPS) is 17.8. The Kier molecular flexibility index (Phi) is 6.17. The summed E-state index contributed by atoms with van der Waals surface area (Å²) in [5.74, 6) is 3.34. The van der Waals surface area contributed by atoms with E-state index in [4.69, 9.17) is 18.9 Å². The van der Waals surface area contributed by atoms with Gasteiger partial charge >= 0.3 is 0 Å². The number of aromatic nitrogens is 1. The number of nitrogens with one attached hydrogen (secondary N) is 1. The van der Waals surface area contributed by atoms with Crippen LogP contribution >= 0.6 is 0 Å². The maximum atomic E-state index is 5.95. The Balaban J connectivity index is 1.13. The Bertz CT molecular complexity index is 1250. The largest absolute Gasteiger partial charge is 0.493 e. The third-order valence-corrected chi connectivity index (χ3v) is 7.79. The van der Waals surface area contributed by atoms with Gasteiger partial charge in [-0.3, -0.25) is 0 Å². The van der Waals surface area contributed by atoms with E-state index in [2.05, 4.69) is 58.2 Å². The first-order valence-corrected chi connectivity index (χ1v) is 13.0. The first kappa shape index (κ1) is 23.1. The van der Waals surface area contributed by atoms with E-state index >= 15 is 0 Å². The van der Waals surface area contributed by atoms with E-state index in [1.807, 2.05) is 6.07 Å². The van der Waals surface area contributed by atoms with Crippen LogP contribution in [0.1, 0.15) is 36.9 Å². The highest BCUT2D eigenvalue weighted by Gasteiger charge is 2.27. The van der Waals surface area contributed by atoms with Crippen LogP contribution in [0.25, 0.3) is 11.3 Å². The van der Waals surface area contributed by atoms with Gasteiger partial charge in [-0.25, -0.2) is 0 Å². The van der Waals surface area contributed by atoms with Crippen LogP contribution < -0.4 is 29.2 Å². The van der Waals surface area contributed by atoms with Crippen molar-refractivity contribution < 1.29 is 18.9 Å². The summed E-state index contributed by atoms with van der Waals surface area (Å²) in [5, 5.41) is 3.90. The second-order valence-corrected chi connectivity index (χ2v) is 9.92. The van der Waals surface area contributed by atoms with Gasteiger partial charge < -0.3 is 33.7 Å². The van der Waals surface area contributed by atoms with Gasteiger partial charge in [-0.1, -0.05) is 6.07 Å². The molecule has 1 fully saturated rings. The van der Waals surface area contributed by atoms with Gasteiger partial charge in [0, 0.05) is 49.2 Å². The molecule has 0 bridgehead atoms. The zero-order valence-electron chi connectivity index (χ0n) is 21.4. The lowest BCUT2D eigenvalue weighted by atomic mass is 9.97. The van der Waals surface area contributed by atoms with Gasteiger partial charge in [0.25, 0.3) is 0 Å². The highest BCUT2D eigenvalue weighted by Crippen LogP contribution is 2.41. The molecule has 3 aliphatic heterocycles. The van der Waals surface area contributed by atoms with Crippen molar-refractivity contribution in [1.29, 1.82) is 0 Å². The number of rotatable bonds is 6. The quantitative estimate of drug-likeness (QED) is 0.536. The molecule has 0 radical (unpaired) electrons. The molecule has 1 unspecified atom stereocenters. The molecule has 4 heterocycles. The molecule has 36 heavy (non-hydrogen) atoms. The van der Waals surface area contributed by atoms with E-state index in [1.54, 1.807) is 14.2 Å². The molecule has 1 saturated heterocycles. The number of fused-ring (bicyclic) bond motifs is 4. The van der Waals surface area contributed by atoms with Crippen LogP contribution in [0.15, 0.2) is 42.6 Å². The Morgan fingerprint density at radius 3 is 2.56 bits per heavy atom. The average molecular weight is 490 g/mol. The molecule has 1 N–H and O–H groups in total. The maximum absolute atomic E-state index is 5.95. The highest BCUT2D eigenvalue weighted by atomic mass is 16.6. The monoisotopic (exact) mass is 489 g/mol. The summed E-state index contributed by atoms with van der Waals surface area (Å²) in [4.78, 5) is 2.44. The van der Waals surface area contributed by atoms with Crippen LogP contribution in [0.2, 0.25) is 0 Å². The number of nitrogens with zero attached hydrogens (tertiary/aromatic N) is 2. The van der Waals surface area contributed by atoms with Crippen molar-refractivity contribution in [3.05, 3.63) is 53.7 Å². The first-order chi connectivity index (χ1) is 17.6. The molecule has 1 atom stereocenters. The summed E-state index contributed by atoms with van der Waals surface area (Å²) in [6, 6.07) is 13.6. The lowest BCUT2D eigenvalue weighted by molar-refractivity contribution is 0.172. The van der Waals surface area contributed by atoms with Gasteiger partial charge in [0.05, 0.1) is 19.9 Å². The number of ether oxygens (including phenoxy) is 4. The number of hydrogen-bond acceptors (Lipinski definition) is 6. The third kappa shape index (κ3) is 4.15. The predicted molar refractivity (Wildman–Crippen MR) is 141 cm³/mol. The molecule has 0 aliphatic carbocycles. The molecule has 6 rings (SSSR count). The van der Waals surface area contributed by atoms with Crippen LogP contribution in [0, 0.1) is 0 Å². The lowest BCUT2D eigenvalue weighted by Crippen LogP contribution is -2.43. The lowest BCUT2D eigenvalue weighted by Gasteiger charge is -2.36. The number of hydrogen-bond donors (Lipinski definition) is 1. The van der Waals surface area contributed by atoms with E-state index in [-0.39, 0.29) is 6.04 Å². The molecule has 190 valence electrons. The topological polar surface area (TPSA) is 57.1 Å². The van der Waals surface area contributed by atoms with Gasteiger partial charge in [0.2, 0.25) is 0 Å². The van der Waals surface area contributed by atoms with Gasteiger partial charge in [-0.2, -0.15) is 0 Å². The molecule has 3 aliphatic rings. The fraction of sp³-hybridized carbons (Fsp3) is 0.448. The summed E-state index contributed by atoms with van der Waals surface area (Å²) < 4.78 is 25.2. The van der Waals surface area contributed by atoms with Crippen molar-refractivity contribution in [2.45, 2.75) is 44.8 Å². The van der Waals surface area contributed by atoms with Gasteiger partial charge in [0.15, 0.2) is 23.0 Å². The van der Waals surface area contributed by atoms with Crippen molar-refractivity contribution in [1.82, 2.24) is 9.88 Å². The fourth-order valence-corrected chi connectivity index (χ4v) is 5.83. The van der Waals surface area contributed by atoms with Gasteiger partial charge in [-0.05, 0) is 67.6 Å². The Morgan fingerprint density at radius 2 is 1.75 bits per heavy atom. The minimum atomic E-state index is 0.282. The summed E-state index contributed by atoms with van der Waals surface area (Å²) in [6.07, 6.45) is 5.51. The molecule has 0 spiro atoms. The summed E-state index contributed by atoms with van der Waals surface area (Å²) in [7, 11) is 3.39. The summed E-state index contributed by atoms with van der Waals surface area (Å²) in [5.41, 5.74) is 6.30.